The Kier molecular flexibility index (Phi) is 7.75. The molecule has 0 aliphatic heterocycles. The first kappa shape index (κ1) is 24.2. The molecule has 0 saturated carbocycles. The smallest absolute Gasteiger partial charge is 0.308 e. The van der Waals surface area contributed by atoms with E-state index in [4.69, 9.17) is 9.15 Å². The van der Waals surface area contributed by atoms with E-state index in [1.807, 2.05) is 0 Å². The molecule has 2 aromatic carbocycles. The van der Waals surface area contributed by atoms with E-state index in [1.165, 1.54) is 42.7 Å². The van der Waals surface area contributed by atoms with Crippen LogP contribution in [-0.2, 0) is 9.53 Å². The molecule has 0 aliphatic carbocycles. The third-order valence-corrected chi connectivity index (χ3v) is 4.68. The van der Waals surface area contributed by atoms with Crippen LogP contribution < -0.4 is 10.6 Å². The SMILES string of the molecule is CC(C)OC(=O)CC(NC(=O)c1cccc(NC(=O)c2ccco2)c1)c1ccccc1[N+](=O)[O-]. The molecule has 3 aromatic rings. The summed E-state index contributed by atoms with van der Waals surface area (Å²) in [4.78, 5) is 48.5. The molecule has 1 atom stereocenters. The lowest BCUT2D eigenvalue weighted by Crippen LogP contribution is -2.31. The van der Waals surface area contributed by atoms with E-state index < -0.39 is 28.7 Å². The number of hydrogen-bond acceptors (Lipinski definition) is 7. The molecule has 34 heavy (non-hydrogen) atoms. The Balaban J connectivity index is 1.83. The summed E-state index contributed by atoms with van der Waals surface area (Å²) < 4.78 is 10.2. The van der Waals surface area contributed by atoms with Crippen LogP contribution >= 0.6 is 0 Å². The Bertz CT molecular complexity index is 1190. The molecule has 10 heteroatoms. The van der Waals surface area contributed by atoms with Crippen LogP contribution in [0, 0.1) is 10.1 Å². The van der Waals surface area contributed by atoms with Gasteiger partial charge in [-0.3, -0.25) is 24.5 Å². The van der Waals surface area contributed by atoms with Gasteiger partial charge in [0.15, 0.2) is 5.76 Å². The largest absolute Gasteiger partial charge is 0.463 e. The molecular weight excluding hydrogens is 442 g/mol. The highest BCUT2D eigenvalue weighted by Gasteiger charge is 2.27. The highest BCUT2D eigenvalue weighted by atomic mass is 16.6. The second-order valence-electron chi connectivity index (χ2n) is 7.60. The van der Waals surface area contributed by atoms with Crippen molar-refractivity contribution in [1.29, 1.82) is 0 Å². The molecule has 1 aromatic heterocycles. The van der Waals surface area contributed by atoms with E-state index in [0.29, 0.717) is 5.69 Å². The van der Waals surface area contributed by atoms with E-state index in [1.54, 1.807) is 38.1 Å². The van der Waals surface area contributed by atoms with Gasteiger partial charge in [-0.1, -0.05) is 24.3 Å². The van der Waals surface area contributed by atoms with Crippen LogP contribution in [0.5, 0.6) is 0 Å². The first-order valence-electron chi connectivity index (χ1n) is 10.4. The Hall–Kier alpha value is -4.47. The number of carbonyl (C=O) groups excluding carboxylic acids is 3. The molecule has 0 saturated heterocycles. The van der Waals surface area contributed by atoms with E-state index in [-0.39, 0.29) is 35.1 Å². The van der Waals surface area contributed by atoms with Crippen molar-refractivity contribution >= 4 is 29.2 Å². The summed E-state index contributed by atoms with van der Waals surface area (Å²) in [5.41, 5.74) is 0.460. The molecule has 0 fully saturated rings. The Morgan fingerprint density at radius 2 is 1.79 bits per heavy atom. The van der Waals surface area contributed by atoms with Crippen molar-refractivity contribution in [3.05, 3.63) is 93.9 Å². The number of ether oxygens (including phenoxy) is 1. The molecule has 0 aliphatic rings. The van der Waals surface area contributed by atoms with Gasteiger partial charge >= 0.3 is 5.97 Å². The average Bonchev–Trinajstić information content (AvgIpc) is 3.33. The molecule has 2 N–H and O–H groups in total. The van der Waals surface area contributed by atoms with Crippen LogP contribution in [0.1, 0.15) is 52.8 Å². The number of rotatable bonds is 9. The summed E-state index contributed by atoms with van der Waals surface area (Å²) >= 11 is 0. The fourth-order valence-corrected chi connectivity index (χ4v) is 3.25. The maximum Gasteiger partial charge on any atom is 0.308 e. The Morgan fingerprint density at radius 1 is 1.03 bits per heavy atom. The monoisotopic (exact) mass is 465 g/mol. The van der Waals surface area contributed by atoms with Gasteiger partial charge in [0.25, 0.3) is 17.5 Å². The minimum absolute atomic E-state index is 0.106. The number of nitrogens with one attached hydrogen (secondary N) is 2. The number of nitro benzene ring substituents is 1. The molecule has 10 nitrogen and oxygen atoms in total. The van der Waals surface area contributed by atoms with Gasteiger partial charge in [-0.2, -0.15) is 0 Å². The highest BCUT2D eigenvalue weighted by molar-refractivity contribution is 6.03. The molecular formula is C24H23N3O7. The quantitative estimate of drug-likeness (QED) is 0.273. The first-order valence-corrected chi connectivity index (χ1v) is 10.4. The van der Waals surface area contributed by atoms with Crippen LogP contribution in [-0.4, -0.2) is 28.8 Å². The topological polar surface area (TPSA) is 141 Å². The predicted molar refractivity (Wildman–Crippen MR) is 122 cm³/mol. The molecule has 2 amide bonds. The summed E-state index contributed by atoms with van der Waals surface area (Å²) in [6.07, 6.45) is 0.680. The number of hydrogen-bond donors (Lipinski definition) is 2. The number of para-hydroxylation sites is 1. The van der Waals surface area contributed by atoms with E-state index in [0.717, 1.165) is 0 Å². The van der Waals surface area contributed by atoms with Gasteiger partial charge in [0.2, 0.25) is 0 Å². The summed E-state index contributed by atoms with van der Waals surface area (Å²) in [5, 5.41) is 16.8. The lowest BCUT2D eigenvalue weighted by molar-refractivity contribution is -0.385. The fourth-order valence-electron chi connectivity index (χ4n) is 3.25. The molecule has 0 bridgehead atoms. The molecule has 3 rings (SSSR count). The van der Waals surface area contributed by atoms with E-state index >= 15 is 0 Å². The van der Waals surface area contributed by atoms with Gasteiger partial charge in [-0.15, -0.1) is 0 Å². The normalized spacial score (nSPS) is 11.5. The summed E-state index contributed by atoms with van der Waals surface area (Å²) in [6.45, 7) is 3.36. The predicted octanol–water partition coefficient (Wildman–Crippen LogP) is 4.25. The van der Waals surface area contributed by atoms with Gasteiger partial charge in [-0.05, 0) is 44.2 Å². The van der Waals surface area contributed by atoms with Gasteiger partial charge in [0.05, 0.1) is 35.3 Å². The Morgan fingerprint density at radius 3 is 2.47 bits per heavy atom. The third kappa shape index (κ3) is 6.28. The number of anilines is 1. The second-order valence-corrected chi connectivity index (χ2v) is 7.60. The van der Waals surface area contributed by atoms with Gasteiger partial charge < -0.3 is 19.8 Å². The van der Waals surface area contributed by atoms with Crippen molar-refractivity contribution in [2.24, 2.45) is 0 Å². The number of esters is 1. The summed E-state index contributed by atoms with van der Waals surface area (Å²) in [7, 11) is 0. The molecule has 176 valence electrons. The van der Waals surface area contributed by atoms with Crippen molar-refractivity contribution in [3.8, 4) is 0 Å². The van der Waals surface area contributed by atoms with Crippen molar-refractivity contribution in [2.75, 3.05) is 5.32 Å². The summed E-state index contributed by atoms with van der Waals surface area (Å²) in [6, 6.07) is 14.0. The molecule has 1 unspecified atom stereocenters. The van der Waals surface area contributed by atoms with Gasteiger partial charge in [0, 0.05) is 17.3 Å². The highest BCUT2D eigenvalue weighted by Crippen LogP contribution is 2.28. The fraction of sp³-hybridized carbons (Fsp3) is 0.208. The second kappa shape index (κ2) is 10.9. The average molecular weight is 465 g/mol. The number of nitro groups is 1. The summed E-state index contributed by atoms with van der Waals surface area (Å²) in [5.74, 6) is -1.58. The van der Waals surface area contributed by atoms with Crippen molar-refractivity contribution < 1.29 is 28.5 Å². The van der Waals surface area contributed by atoms with Crippen LogP contribution in [0.4, 0.5) is 11.4 Å². The van der Waals surface area contributed by atoms with E-state index in [2.05, 4.69) is 10.6 Å². The third-order valence-electron chi connectivity index (χ3n) is 4.68. The number of carbonyl (C=O) groups is 3. The standard InChI is InChI=1S/C24H23N3O7/c1-15(2)34-22(28)14-19(18-9-3-4-10-20(18)27(31)32)26-23(29)16-7-5-8-17(13-16)25-24(30)21-11-6-12-33-21/h3-13,15,19H,14H2,1-2H3,(H,25,30)(H,26,29). The lowest BCUT2D eigenvalue weighted by Gasteiger charge is -2.19. The van der Waals surface area contributed by atoms with Gasteiger partial charge in [0.1, 0.15) is 0 Å². The zero-order valence-corrected chi connectivity index (χ0v) is 18.5. The number of amides is 2. The van der Waals surface area contributed by atoms with Gasteiger partial charge in [-0.25, -0.2) is 0 Å². The molecule has 0 spiro atoms. The first-order chi connectivity index (χ1) is 16.2. The maximum atomic E-state index is 13.0. The van der Waals surface area contributed by atoms with Crippen molar-refractivity contribution in [1.82, 2.24) is 5.32 Å². The molecule has 1 heterocycles. The molecule has 0 radical (unpaired) electrons. The Labute approximate surface area is 195 Å². The zero-order valence-electron chi connectivity index (χ0n) is 18.5. The van der Waals surface area contributed by atoms with Crippen molar-refractivity contribution in [3.63, 3.8) is 0 Å². The van der Waals surface area contributed by atoms with Crippen LogP contribution in [0.3, 0.4) is 0 Å². The number of nitrogens with zero attached hydrogens (tertiary/aromatic N) is 1. The number of benzene rings is 2. The van der Waals surface area contributed by atoms with Crippen LogP contribution in [0.25, 0.3) is 0 Å². The maximum absolute atomic E-state index is 13.0. The lowest BCUT2D eigenvalue weighted by atomic mass is 10.0. The van der Waals surface area contributed by atoms with E-state index in [9.17, 15) is 24.5 Å². The van der Waals surface area contributed by atoms with Crippen LogP contribution in [0.2, 0.25) is 0 Å². The minimum atomic E-state index is -1.01. The number of furan rings is 1. The zero-order chi connectivity index (χ0) is 24.7. The minimum Gasteiger partial charge on any atom is -0.463 e. The van der Waals surface area contributed by atoms with Crippen LogP contribution in [0.15, 0.2) is 71.3 Å². The van der Waals surface area contributed by atoms with Crippen molar-refractivity contribution in [2.45, 2.75) is 32.4 Å².